The van der Waals surface area contributed by atoms with Gasteiger partial charge in [0.15, 0.2) is 0 Å². The molecule has 0 aromatic rings. The highest BCUT2D eigenvalue weighted by molar-refractivity contribution is 4.94. The summed E-state index contributed by atoms with van der Waals surface area (Å²) in [4.78, 5) is 0. The Balaban J connectivity index is 3.86. The van der Waals surface area contributed by atoms with Crippen LogP contribution in [0.15, 0.2) is 12.2 Å². The molecule has 0 radical (unpaired) electrons. The van der Waals surface area contributed by atoms with Gasteiger partial charge in [-0.3, -0.25) is 0 Å². The third-order valence-corrected chi connectivity index (χ3v) is 3.06. The molecular weight excluding hydrogens is 144 g/mol. The van der Waals surface area contributed by atoms with Crippen LogP contribution in [0.3, 0.4) is 0 Å². The molecule has 0 aromatic heterocycles. The van der Waals surface area contributed by atoms with E-state index in [9.17, 15) is 0 Å². The Morgan fingerprint density at radius 1 is 1.17 bits per heavy atom. The molecule has 2 atom stereocenters. The summed E-state index contributed by atoms with van der Waals surface area (Å²) in [5.74, 6) is 2.40. The maximum atomic E-state index is 4.05. The fraction of sp³-hybridized carbons (Fsp3) is 0.833. The van der Waals surface area contributed by atoms with Gasteiger partial charge < -0.3 is 0 Å². The molecule has 72 valence electrons. The van der Waals surface area contributed by atoms with Crippen molar-refractivity contribution in [1.82, 2.24) is 0 Å². The van der Waals surface area contributed by atoms with E-state index in [1.807, 2.05) is 0 Å². The minimum atomic E-state index is 0.789. The van der Waals surface area contributed by atoms with Crippen LogP contribution in [0.2, 0.25) is 0 Å². The third kappa shape index (κ3) is 3.94. The molecule has 0 aromatic carbocycles. The third-order valence-electron chi connectivity index (χ3n) is 3.06. The second kappa shape index (κ2) is 5.40. The lowest BCUT2D eigenvalue weighted by atomic mass is 9.82. The molecule has 0 N–H and O–H groups in total. The quantitative estimate of drug-likeness (QED) is 0.538. The van der Waals surface area contributed by atoms with Gasteiger partial charge in [0.2, 0.25) is 0 Å². The molecule has 0 amide bonds. The smallest absolute Gasteiger partial charge is 0.0295 e. The lowest BCUT2D eigenvalue weighted by molar-refractivity contribution is 0.293. The van der Waals surface area contributed by atoms with Gasteiger partial charge in [0.25, 0.3) is 0 Å². The van der Waals surface area contributed by atoms with E-state index in [-0.39, 0.29) is 0 Å². The Hall–Kier alpha value is -0.260. The van der Waals surface area contributed by atoms with Gasteiger partial charge in [-0.1, -0.05) is 46.8 Å². The SMILES string of the molecule is C=C(CC)CC(C)C(C)C(C)C. The van der Waals surface area contributed by atoms with Gasteiger partial charge in [0, 0.05) is 0 Å². The van der Waals surface area contributed by atoms with E-state index in [0.29, 0.717) is 0 Å². The van der Waals surface area contributed by atoms with Crippen LogP contribution in [-0.2, 0) is 0 Å². The van der Waals surface area contributed by atoms with Gasteiger partial charge in [-0.15, -0.1) is 0 Å². The van der Waals surface area contributed by atoms with Crippen LogP contribution in [0.25, 0.3) is 0 Å². The maximum absolute atomic E-state index is 4.05. The van der Waals surface area contributed by atoms with Crippen molar-refractivity contribution in [3.05, 3.63) is 12.2 Å². The average molecular weight is 168 g/mol. The highest BCUT2D eigenvalue weighted by Gasteiger charge is 2.15. The highest BCUT2D eigenvalue weighted by Crippen LogP contribution is 2.25. The van der Waals surface area contributed by atoms with Gasteiger partial charge in [0.05, 0.1) is 0 Å². The summed E-state index contributed by atoms with van der Waals surface area (Å²) in [6.07, 6.45) is 2.34. The van der Waals surface area contributed by atoms with Crippen molar-refractivity contribution < 1.29 is 0 Å². The molecule has 0 nitrogen and oxygen atoms in total. The Kier molecular flexibility index (Phi) is 5.28. The van der Waals surface area contributed by atoms with Crippen molar-refractivity contribution in [3.8, 4) is 0 Å². The van der Waals surface area contributed by atoms with E-state index in [2.05, 4.69) is 41.2 Å². The molecule has 0 heteroatoms. The Bertz CT molecular complexity index is 133. The van der Waals surface area contributed by atoms with E-state index in [0.717, 1.165) is 24.2 Å². The van der Waals surface area contributed by atoms with Crippen LogP contribution < -0.4 is 0 Å². The fourth-order valence-corrected chi connectivity index (χ4v) is 1.44. The van der Waals surface area contributed by atoms with Gasteiger partial charge >= 0.3 is 0 Å². The largest absolute Gasteiger partial charge is 0.0999 e. The zero-order valence-electron chi connectivity index (χ0n) is 9.35. The molecule has 0 spiro atoms. The highest BCUT2D eigenvalue weighted by atomic mass is 14.2. The molecule has 0 aliphatic carbocycles. The van der Waals surface area contributed by atoms with Gasteiger partial charge in [-0.05, 0) is 30.6 Å². The van der Waals surface area contributed by atoms with E-state index in [1.54, 1.807) is 0 Å². The van der Waals surface area contributed by atoms with Crippen molar-refractivity contribution in [3.63, 3.8) is 0 Å². The predicted molar refractivity (Wildman–Crippen MR) is 57.2 cm³/mol. The van der Waals surface area contributed by atoms with Crippen molar-refractivity contribution in [2.24, 2.45) is 17.8 Å². The fourth-order valence-electron chi connectivity index (χ4n) is 1.44. The van der Waals surface area contributed by atoms with Crippen molar-refractivity contribution >= 4 is 0 Å². The zero-order chi connectivity index (χ0) is 9.72. The summed E-state index contributed by atoms with van der Waals surface area (Å²) in [5.41, 5.74) is 1.40. The average Bonchev–Trinajstić information content (AvgIpc) is 2.02. The van der Waals surface area contributed by atoms with Crippen molar-refractivity contribution in [2.45, 2.75) is 47.5 Å². The van der Waals surface area contributed by atoms with Crippen LogP contribution in [0.1, 0.15) is 47.5 Å². The number of hydrogen-bond acceptors (Lipinski definition) is 0. The number of hydrogen-bond donors (Lipinski definition) is 0. The monoisotopic (exact) mass is 168 g/mol. The van der Waals surface area contributed by atoms with E-state index in [4.69, 9.17) is 0 Å². The molecule has 0 heterocycles. The first-order valence-electron chi connectivity index (χ1n) is 5.15. The normalized spacial score (nSPS) is 16.2. The first kappa shape index (κ1) is 11.7. The predicted octanol–water partition coefficient (Wildman–Crippen LogP) is 4.27. The van der Waals surface area contributed by atoms with Crippen LogP contribution in [0.4, 0.5) is 0 Å². The summed E-state index contributed by atoms with van der Waals surface area (Å²) in [6, 6.07) is 0. The van der Waals surface area contributed by atoms with Gasteiger partial charge in [-0.25, -0.2) is 0 Å². The second-order valence-electron chi connectivity index (χ2n) is 4.39. The van der Waals surface area contributed by atoms with Gasteiger partial charge in [0.1, 0.15) is 0 Å². The summed E-state index contributed by atoms with van der Waals surface area (Å²) in [5, 5.41) is 0. The molecule has 0 rings (SSSR count). The van der Waals surface area contributed by atoms with Crippen LogP contribution in [-0.4, -0.2) is 0 Å². The summed E-state index contributed by atoms with van der Waals surface area (Å²) in [7, 11) is 0. The topological polar surface area (TPSA) is 0 Å². The lowest BCUT2D eigenvalue weighted by Crippen LogP contribution is -2.14. The van der Waals surface area contributed by atoms with Crippen LogP contribution in [0.5, 0.6) is 0 Å². The molecule has 2 unspecified atom stereocenters. The van der Waals surface area contributed by atoms with Crippen LogP contribution >= 0.6 is 0 Å². The molecule has 12 heavy (non-hydrogen) atoms. The lowest BCUT2D eigenvalue weighted by Gasteiger charge is -2.23. The first-order valence-corrected chi connectivity index (χ1v) is 5.15. The maximum Gasteiger partial charge on any atom is -0.0295 e. The van der Waals surface area contributed by atoms with Crippen molar-refractivity contribution in [2.75, 3.05) is 0 Å². The molecule has 0 saturated carbocycles. The second-order valence-corrected chi connectivity index (χ2v) is 4.39. The van der Waals surface area contributed by atoms with E-state index >= 15 is 0 Å². The molecular formula is C12H24. The minimum Gasteiger partial charge on any atom is -0.0999 e. The number of allylic oxidation sites excluding steroid dienone is 1. The molecule has 0 aliphatic heterocycles. The minimum absolute atomic E-state index is 0.789. The Labute approximate surface area is 78.1 Å². The van der Waals surface area contributed by atoms with Gasteiger partial charge in [-0.2, -0.15) is 0 Å². The molecule has 0 fully saturated rings. The summed E-state index contributed by atoms with van der Waals surface area (Å²) < 4.78 is 0. The Morgan fingerprint density at radius 3 is 2.00 bits per heavy atom. The zero-order valence-corrected chi connectivity index (χ0v) is 9.35. The molecule has 0 saturated heterocycles. The summed E-state index contributed by atoms with van der Waals surface area (Å²) in [6.45, 7) is 15.5. The standard InChI is InChI=1S/C12H24/c1-7-10(4)8-11(5)12(6)9(2)3/h9,11-12H,4,7-8H2,1-3,5-6H3. The molecule has 0 bridgehead atoms. The number of rotatable bonds is 5. The van der Waals surface area contributed by atoms with Crippen molar-refractivity contribution in [1.29, 1.82) is 0 Å². The van der Waals surface area contributed by atoms with Crippen LogP contribution in [0, 0.1) is 17.8 Å². The first-order chi connectivity index (χ1) is 5.49. The summed E-state index contributed by atoms with van der Waals surface area (Å²) >= 11 is 0. The van der Waals surface area contributed by atoms with E-state index < -0.39 is 0 Å². The van der Waals surface area contributed by atoms with E-state index in [1.165, 1.54) is 12.0 Å². The Morgan fingerprint density at radius 2 is 1.67 bits per heavy atom. The molecule has 0 aliphatic rings.